The van der Waals surface area contributed by atoms with E-state index in [1.165, 1.54) is 47.4 Å². The highest BCUT2D eigenvalue weighted by atomic mass is 35.5. The van der Waals surface area contributed by atoms with Gasteiger partial charge in [0.2, 0.25) is 10.8 Å². The molecule has 0 aliphatic heterocycles. The number of nitro benzene ring substituents is 1. The molecular formula is C35H40ClF7N5O11PS2. The van der Waals surface area contributed by atoms with E-state index < -0.39 is 72.6 Å². The minimum absolute atomic E-state index is 0.0111. The van der Waals surface area contributed by atoms with Gasteiger partial charge in [0, 0.05) is 23.9 Å². The van der Waals surface area contributed by atoms with Gasteiger partial charge in [-0.1, -0.05) is 28.0 Å². The molecule has 0 aliphatic carbocycles. The van der Waals surface area contributed by atoms with Crippen LogP contribution in [0.5, 0.6) is 22.4 Å². The second kappa shape index (κ2) is 25.4. The first-order chi connectivity index (χ1) is 28.5. The van der Waals surface area contributed by atoms with E-state index in [-0.39, 0.29) is 57.1 Å². The lowest BCUT2D eigenvalue weighted by Gasteiger charge is -2.26. The fraction of sp³-hybridized carbons (Fsp3) is 0.371. The normalized spacial score (nSPS) is 12.0. The van der Waals surface area contributed by atoms with E-state index in [1.54, 1.807) is 20.8 Å². The Kier molecular flexibility index (Phi) is 22.6. The van der Waals surface area contributed by atoms with Gasteiger partial charge in [-0.3, -0.25) is 25.0 Å². The molecule has 4 rings (SSSR count). The topological polar surface area (TPSA) is 227 Å². The average molecular weight is 970 g/mol. The molecule has 0 saturated carbocycles. The van der Waals surface area contributed by atoms with Crippen LogP contribution in [0.2, 0.25) is 5.02 Å². The standard InChI is InChI=1S/C15H11ClF3NO4.C14H13F4N3O2S.C3H8NO5P.C3H9S/c1-2-23-14-8-10(4-5-12(14)20(21)22)24-13-6-3-9(7-11(13)16)15(17,18)19;1-8(2)21(10-5-3-9(15)4-6-10)11(22)7-23-13-20-19-12(24-13)14(16,17)18;5-3(6)1-4-2-10(7,8)9;1-4(2)3/h3-8H,2H2,1H3;3-6,8H,7H2,1-2H3;4H,1-2H2,(H,5,6)(H2,7,8,9);1-3H3/q;;;+1/p-1. The molecule has 1 heterocycles. The molecule has 344 valence electrons. The number of carboxylic acid groups (broad SMARTS) is 1. The lowest BCUT2D eigenvalue weighted by molar-refractivity contribution is -0.385. The van der Waals surface area contributed by atoms with Crippen LogP contribution in [-0.4, -0.2) is 87.9 Å². The van der Waals surface area contributed by atoms with E-state index in [4.69, 9.17) is 35.8 Å². The molecule has 62 heavy (non-hydrogen) atoms. The van der Waals surface area contributed by atoms with Crippen LogP contribution in [0.15, 0.2) is 60.7 Å². The van der Waals surface area contributed by atoms with Crippen LogP contribution < -0.4 is 29.3 Å². The molecule has 0 spiro atoms. The van der Waals surface area contributed by atoms with Crippen molar-refractivity contribution in [1.82, 2.24) is 15.5 Å². The number of anilines is 1. The minimum Gasteiger partial charge on any atom is -0.778 e. The summed E-state index contributed by atoms with van der Waals surface area (Å²) in [6.07, 6.45) is -3.25. The first-order valence-corrected chi connectivity index (χ1v) is 22.5. The number of nitro groups is 1. The Morgan fingerprint density at radius 1 is 0.984 bits per heavy atom. The van der Waals surface area contributed by atoms with Crippen LogP contribution in [0, 0.1) is 15.9 Å². The molecule has 0 bridgehead atoms. The number of carboxylic acids is 1. The van der Waals surface area contributed by atoms with Gasteiger partial charge >= 0.3 is 24.0 Å². The monoisotopic (exact) mass is 969 g/mol. The molecule has 16 nitrogen and oxygen atoms in total. The highest BCUT2D eigenvalue weighted by molar-refractivity contribution is 7.94. The molecule has 1 atom stereocenters. The predicted octanol–water partition coefficient (Wildman–Crippen LogP) is 7.63. The summed E-state index contributed by atoms with van der Waals surface area (Å²) in [5.74, 6) is -2.00. The van der Waals surface area contributed by atoms with E-state index in [1.807, 2.05) is 5.32 Å². The third-order valence-corrected chi connectivity index (χ3v) is 8.16. The molecule has 27 heteroatoms. The predicted molar refractivity (Wildman–Crippen MR) is 216 cm³/mol. The first kappa shape index (κ1) is 55.2. The van der Waals surface area contributed by atoms with Crippen LogP contribution in [0.1, 0.15) is 31.3 Å². The lowest BCUT2D eigenvalue weighted by Crippen LogP contribution is -2.40. The highest BCUT2D eigenvalue weighted by Gasteiger charge is 2.36. The van der Waals surface area contributed by atoms with Gasteiger partial charge in [0.25, 0.3) is 11.1 Å². The molecule has 0 fully saturated rings. The van der Waals surface area contributed by atoms with Crippen LogP contribution in [0.4, 0.5) is 42.1 Å². The molecule has 0 saturated heterocycles. The number of rotatable bonds is 14. The number of hydrogen-bond donors (Lipinski definition) is 3. The molecule has 1 unspecified atom stereocenters. The smallest absolute Gasteiger partial charge is 0.445 e. The second-order valence-corrected chi connectivity index (χ2v) is 17.8. The van der Waals surface area contributed by atoms with E-state index in [2.05, 4.69) is 29.0 Å². The van der Waals surface area contributed by atoms with Gasteiger partial charge in [0.1, 0.15) is 24.9 Å². The lowest BCUT2D eigenvalue weighted by atomic mass is 10.2. The Labute approximate surface area is 361 Å². The Morgan fingerprint density at radius 3 is 2.03 bits per heavy atom. The summed E-state index contributed by atoms with van der Waals surface area (Å²) in [7, 11) is -3.71. The minimum atomic E-state index is -4.61. The molecule has 1 amide bonds. The molecular weight excluding hydrogens is 930 g/mol. The van der Waals surface area contributed by atoms with Gasteiger partial charge in [-0.2, -0.15) is 26.3 Å². The summed E-state index contributed by atoms with van der Waals surface area (Å²) in [4.78, 5) is 51.7. The van der Waals surface area contributed by atoms with Crippen molar-refractivity contribution < 1.29 is 78.9 Å². The maximum atomic E-state index is 13.0. The SMILES string of the molecule is CC(C)N(C(=O)COc1nnc(C(F)(F)F)s1)c1ccc(F)cc1.CCOc1cc(Oc2ccc(C(F)(F)F)cc2Cl)ccc1[N+](=O)[O-].C[S+](C)C.O=C(O)CNCP(=O)([O-])O. The van der Waals surface area contributed by atoms with Gasteiger partial charge in [-0.25, -0.2) is 4.39 Å². The van der Waals surface area contributed by atoms with E-state index >= 15 is 0 Å². The number of benzene rings is 3. The molecule has 0 aliphatic rings. The van der Waals surface area contributed by atoms with Crippen molar-refractivity contribution in [3.63, 3.8) is 0 Å². The molecule has 0 radical (unpaired) electrons. The van der Waals surface area contributed by atoms with Crippen LogP contribution in [0.25, 0.3) is 0 Å². The summed E-state index contributed by atoms with van der Waals surface area (Å²) >= 11 is 6.01. The molecule has 1 aromatic heterocycles. The number of alkyl halides is 6. The van der Waals surface area contributed by atoms with Crippen molar-refractivity contribution in [3.8, 4) is 22.4 Å². The van der Waals surface area contributed by atoms with Crippen molar-refractivity contribution in [2.75, 3.05) is 49.7 Å². The maximum Gasteiger partial charge on any atom is 0.445 e. The van der Waals surface area contributed by atoms with Crippen LogP contribution in [-0.2, 0) is 37.4 Å². The highest BCUT2D eigenvalue weighted by Crippen LogP contribution is 2.39. The number of nitrogens with one attached hydrogen (secondary N) is 1. The first-order valence-electron chi connectivity index (χ1n) is 17.1. The fourth-order valence-electron chi connectivity index (χ4n) is 4.08. The largest absolute Gasteiger partial charge is 0.778 e. The van der Waals surface area contributed by atoms with Crippen LogP contribution in [0.3, 0.4) is 0 Å². The van der Waals surface area contributed by atoms with Crippen molar-refractivity contribution in [1.29, 1.82) is 0 Å². The number of carbonyl (C=O) groups is 2. The quantitative estimate of drug-likeness (QED) is 0.0363. The Hall–Kier alpha value is -4.78. The number of aliphatic carboxylic acids is 1. The third-order valence-electron chi connectivity index (χ3n) is 6.36. The summed E-state index contributed by atoms with van der Waals surface area (Å²) in [5.41, 5.74) is -0.700. The maximum absolute atomic E-state index is 13.0. The van der Waals surface area contributed by atoms with Crippen LogP contribution >= 0.6 is 30.5 Å². The number of ether oxygens (including phenoxy) is 3. The van der Waals surface area contributed by atoms with E-state index in [0.29, 0.717) is 16.6 Å². The van der Waals surface area contributed by atoms with Gasteiger partial charge in [0.15, 0.2) is 6.61 Å². The van der Waals surface area contributed by atoms with Crippen molar-refractivity contribution in [3.05, 3.63) is 92.2 Å². The number of halogens is 8. The second-order valence-electron chi connectivity index (χ2n) is 12.4. The zero-order valence-corrected chi connectivity index (χ0v) is 36.6. The summed E-state index contributed by atoms with van der Waals surface area (Å²) in [6.45, 7) is 4.35. The van der Waals surface area contributed by atoms with Gasteiger partial charge in [-0.15, -0.1) is 5.10 Å². The summed E-state index contributed by atoms with van der Waals surface area (Å²) < 4.78 is 114. The Bertz CT molecular complexity index is 2110. The molecule has 3 aromatic carbocycles. The molecule has 3 N–H and O–H groups in total. The molecule has 4 aromatic rings. The number of carbonyl (C=O) groups excluding carboxylic acids is 1. The van der Waals surface area contributed by atoms with Gasteiger partial charge in [0.05, 0.1) is 53.7 Å². The number of hydrogen-bond acceptors (Lipinski definition) is 13. The Balaban J connectivity index is 0.000000478. The average Bonchev–Trinajstić information content (AvgIpc) is 3.62. The van der Waals surface area contributed by atoms with Crippen molar-refractivity contribution >= 4 is 64.7 Å². The third kappa shape index (κ3) is 21.3. The summed E-state index contributed by atoms with van der Waals surface area (Å²) in [6, 6.07) is 11.4. The fourth-order valence-corrected chi connectivity index (χ4v) is 5.25. The number of amides is 1. The summed E-state index contributed by atoms with van der Waals surface area (Å²) in [5, 5.41) is 25.4. The zero-order chi connectivity index (χ0) is 47.6. The van der Waals surface area contributed by atoms with Crippen molar-refractivity contribution in [2.45, 2.75) is 39.2 Å². The van der Waals surface area contributed by atoms with E-state index in [0.717, 1.165) is 18.2 Å². The van der Waals surface area contributed by atoms with Crippen molar-refractivity contribution in [2.24, 2.45) is 0 Å². The van der Waals surface area contributed by atoms with Gasteiger partial charge in [-0.05, 0) is 80.2 Å². The Morgan fingerprint density at radius 2 is 1.58 bits per heavy atom. The van der Waals surface area contributed by atoms with E-state index in [9.17, 15) is 59.9 Å². The number of nitrogens with zero attached hydrogens (tertiary/aromatic N) is 4. The zero-order valence-electron chi connectivity index (χ0n) is 33.3. The number of aromatic nitrogens is 2. The van der Waals surface area contributed by atoms with Gasteiger partial charge < -0.3 is 38.6 Å².